The van der Waals surface area contributed by atoms with Crippen LogP contribution in [0.1, 0.15) is 46.0 Å². The van der Waals surface area contributed by atoms with Gasteiger partial charge in [-0.15, -0.1) is 0 Å². The number of nitriles is 2. The van der Waals surface area contributed by atoms with Gasteiger partial charge >= 0.3 is 0 Å². The molecule has 0 bridgehead atoms. The molecular weight excluding hydrogens is 200 g/mol. The number of amidine groups is 1. The summed E-state index contributed by atoms with van der Waals surface area (Å²) in [4.78, 5) is 4.44. The van der Waals surface area contributed by atoms with Crippen molar-refractivity contribution < 1.29 is 0 Å². The monoisotopic (exact) mass is 218 g/mol. The molecule has 1 aliphatic carbocycles. The standard InChI is InChI=1S/C12H18N4/c1-12(2)6-3-10(4-7-12)16-11(5-8-13)15-9-14/h10H,3-7H2,1-2H3,(H,15,16). The van der Waals surface area contributed by atoms with Crippen LogP contribution in [-0.2, 0) is 0 Å². The molecule has 4 heteroatoms. The molecule has 16 heavy (non-hydrogen) atoms. The Morgan fingerprint density at radius 2 is 2.00 bits per heavy atom. The zero-order valence-electron chi connectivity index (χ0n) is 9.95. The maximum absolute atomic E-state index is 8.60. The topological polar surface area (TPSA) is 72.0 Å². The van der Waals surface area contributed by atoms with Gasteiger partial charge in [-0.1, -0.05) is 13.8 Å². The molecule has 0 aromatic rings. The Balaban J connectivity index is 2.56. The van der Waals surface area contributed by atoms with E-state index in [0.29, 0.717) is 11.3 Å². The van der Waals surface area contributed by atoms with E-state index in [4.69, 9.17) is 10.5 Å². The number of nitrogens with one attached hydrogen (secondary N) is 1. The van der Waals surface area contributed by atoms with Crippen molar-refractivity contribution in [3.05, 3.63) is 0 Å². The number of rotatable bonds is 2. The molecule has 0 radical (unpaired) electrons. The van der Waals surface area contributed by atoms with E-state index < -0.39 is 0 Å². The summed E-state index contributed by atoms with van der Waals surface area (Å²) in [7, 11) is 0. The molecule has 1 aliphatic rings. The fraction of sp³-hybridized carbons (Fsp3) is 0.750. The predicted molar refractivity (Wildman–Crippen MR) is 62.5 cm³/mol. The van der Waals surface area contributed by atoms with E-state index in [0.717, 1.165) is 25.7 Å². The predicted octanol–water partition coefficient (Wildman–Crippen LogP) is 2.34. The largest absolute Gasteiger partial charge is 0.280 e. The number of hydrogen-bond donors (Lipinski definition) is 1. The van der Waals surface area contributed by atoms with Crippen LogP contribution < -0.4 is 5.32 Å². The fourth-order valence-electron chi connectivity index (χ4n) is 2.00. The van der Waals surface area contributed by atoms with Crippen LogP contribution >= 0.6 is 0 Å². The van der Waals surface area contributed by atoms with E-state index in [2.05, 4.69) is 24.2 Å². The first-order valence-electron chi connectivity index (χ1n) is 5.66. The highest BCUT2D eigenvalue weighted by Crippen LogP contribution is 2.36. The van der Waals surface area contributed by atoms with Crippen molar-refractivity contribution in [3.8, 4) is 12.3 Å². The van der Waals surface area contributed by atoms with Crippen LogP contribution in [0.3, 0.4) is 0 Å². The Bertz CT molecular complexity index is 315. The lowest BCUT2D eigenvalue weighted by Crippen LogP contribution is -2.26. The van der Waals surface area contributed by atoms with E-state index in [1.165, 1.54) is 0 Å². The van der Waals surface area contributed by atoms with Crippen molar-refractivity contribution in [1.82, 2.24) is 5.32 Å². The van der Waals surface area contributed by atoms with Crippen molar-refractivity contribution in [3.63, 3.8) is 0 Å². The molecule has 0 aromatic carbocycles. The molecule has 0 unspecified atom stereocenters. The molecule has 0 spiro atoms. The van der Waals surface area contributed by atoms with Gasteiger partial charge in [-0.25, -0.2) is 0 Å². The van der Waals surface area contributed by atoms with Gasteiger partial charge in [0.15, 0.2) is 6.19 Å². The molecule has 0 aromatic heterocycles. The Morgan fingerprint density at radius 1 is 1.38 bits per heavy atom. The maximum atomic E-state index is 8.60. The lowest BCUT2D eigenvalue weighted by atomic mass is 9.76. The highest BCUT2D eigenvalue weighted by atomic mass is 15.0. The van der Waals surface area contributed by atoms with E-state index in [1.807, 2.05) is 12.3 Å². The zero-order valence-corrected chi connectivity index (χ0v) is 9.95. The van der Waals surface area contributed by atoms with Crippen molar-refractivity contribution in [2.75, 3.05) is 0 Å². The second-order valence-electron chi connectivity index (χ2n) is 5.04. The van der Waals surface area contributed by atoms with Crippen LogP contribution in [0.5, 0.6) is 0 Å². The highest BCUT2D eigenvalue weighted by Gasteiger charge is 2.26. The first-order chi connectivity index (χ1) is 7.57. The molecule has 86 valence electrons. The van der Waals surface area contributed by atoms with Gasteiger partial charge in [0.25, 0.3) is 0 Å². The smallest absolute Gasteiger partial charge is 0.182 e. The second-order valence-corrected chi connectivity index (χ2v) is 5.04. The lowest BCUT2D eigenvalue weighted by molar-refractivity contribution is 0.226. The molecule has 0 heterocycles. The summed E-state index contributed by atoms with van der Waals surface area (Å²) in [6.07, 6.45) is 6.44. The molecule has 4 nitrogen and oxygen atoms in total. The average molecular weight is 218 g/mol. The third-order valence-electron chi connectivity index (χ3n) is 3.09. The first-order valence-corrected chi connectivity index (χ1v) is 5.66. The third-order valence-corrected chi connectivity index (χ3v) is 3.09. The highest BCUT2D eigenvalue weighted by molar-refractivity contribution is 5.85. The van der Waals surface area contributed by atoms with Gasteiger partial charge in [0.2, 0.25) is 0 Å². The average Bonchev–Trinajstić information content (AvgIpc) is 2.22. The Morgan fingerprint density at radius 3 is 2.50 bits per heavy atom. The summed E-state index contributed by atoms with van der Waals surface area (Å²) in [5.41, 5.74) is 0.421. The second kappa shape index (κ2) is 5.51. The van der Waals surface area contributed by atoms with Crippen LogP contribution in [-0.4, -0.2) is 11.9 Å². The van der Waals surface area contributed by atoms with Crippen LogP contribution in [0.4, 0.5) is 0 Å². The minimum absolute atomic E-state index is 0.188. The van der Waals surface area contributed by atoms with Crippen LogP contribution in [0.25, 0.3) is 0 Å². The quantitative estimate of drug-likeness (QED) is 0.334. The summed E-state index contributed by atoms with van der Waals surface area (Å²) in [5, 5.41) is 19.6. The molecule has 1 N–H and O–H groups in total. The van der Waals surface area contributed by atoms with Crippen molar-refractivity contribution in [2.45, 2.75) is 52.0 Å². The maximum Gasteiger partial charge on any atom is 0.182 e. The molecule has 0 aliphatic heterocycles. The molecule has 1 fully saturated rings. The first kappa shape index (κ1) is 12.5. The summed E-state index contributed by atoms with van der Waals surface area (Å²) in [5.74, 6) is 0.509. The van der Waals surface area contributed by atoms with Crippen LogP contribution in [0, 0.1) is 28.2 Å². The number of aliphatic imine (C=N–C) groups is 1. The van der Waals surface area contributed by atoms with E-state index in [-0.39, 0.29) is 12.5 Å². The zero-order chi connectivity index (χ0) is 12.0. The van der Waals surface area contributed by atoms with Crippen molar-refractivity contribution in [2.24, 2.45) is 10.4 Å². The van der Waals surface area contributed by atoms with Gasteiger partial charge in [-0.3, -0.25) is 10.3 Å². The Kier molecular flexibility index (Phi) is 4.31. The molecule has 0 saturated heterocycles. The Hall–Kier alpha value is -1.55. The SMILES string of the molecule is CC1(C)CCC(N=C(CC#N)NC#N)CC1. The van der Waals surface area contributed by atoms with Crippen molar-refractivity contribution >= 4 is 5.84 Å². The summed E-state index contributed by atoms with van der Waals surface area (Å²) in [6, 6.07) is 2.29. The van der Waals surface area contributed by atoms with Gasteiger partial charge in [-0.05, 0) is 31.1 Å². The summed E-state index contributed by atoms with van der Waals surface area (Å²) < 4.78 is 0. The third kappa shape index (κ3) is 3.90. The van der Waals surface area contributed by atoms with E-state index in [9.17, 15) is 0 Å². The Labute approximate surface area is 97.0 Å². The van der Waals surface area contributed by atoms with Gasteiger partial charge in [0, 0.05) is 0 Å². The fourth-order valence-corrected chi connectivity index (χ4v) is 2.00. The summed E-state index contributed by atoms with van der Waals surface area (Å²) >= 11 is 0. The van der Waals surface area contributed by atoms with E-state index in [1.54, 1.807) is 0 Å². The molecule has 1 saturated carbocycles. The normalized spacial score (nSPS) is 20.9. The summed E-state index contributed by atoms with van der Waals surface area (Å²) in [6.45, 7) is 4.55. The van der Waals surface area contributed by atoms with Crippen molar-refractivity contribution in [1.29, 1.82) is 10.5 Å². The number of hydrogen-bond acceptors (Lipinski definition) is 3. The molecule has 1 rings (SSSR count). The van der Waals surface area contributed by atoms with E-state index >= 15 is 0 Å². The number of nitrogens with zero attached hydrogens (tertiary/aromatic N) is 3. The molecular formula is C12H18N4. The van der Waals surface area contributed by atoms with Crippen LogP contribution in [0.2, 0.25) is 0 Å². The lowest BCUT2D eigenvalue weighted by Gasteiger charge is -2.32. The van der Waals surface area contributed by atoms with Gasteiger partial charge in [0.1, 0.15) is 5.84 Å². The van der Waals surface area contributed by atoms with Gasteiger partial charge < -0.3 is 0 Å². The van der Waals surface area contributed by atoms with Gasteiger partial charge in [-0.2, -0.15) is 10.5 Å². The molecule has 0 atom stereocenters. The van der Waals surface area contributed by atoms with Gasteiger partial charge in [0.05, 0.1) is 18.5 Å². The van der Waals surface area contributed by atoms with Crippen LogP contribution in [0.15, 0.2) is 4.99 Å². The minimum Gasteiger partial charge on any atom is -0.280 e. The molecule has 0 amide bonds. The minimum atomic E-state index is 0.188.